The molecule has 3 N–H and O–H groups in total. The number of nitrogens with one attached hydrogen (secondary N) is 1. The van der Waals surface area contributed by atoms with Gasteiger partial charge in [0.1, 0.15) is 6.04 Å². The average molecular weight is 284 g/mol. The maximum Gasteiger partial charge on any atom is 0.242 e. The highest BCUT2D eigenvalue weighted by Crippen LogP contribution is 2.33. The Labute approximate surface area is 124 Å². The topological polar surface area (TPSA) is 71.2 Å². The normalized spacial score (nSPS) is 18.9. The third-order valence-corrected chi connectivity index (χ3v) is 4.08. The van der Waals surface area contributed by atoms with E-state index in [0.717, 1.165) is 40.8 Å². The SMILES string of the molecule is CCC1C(=O)NCCN1c1ccc(N)c2cnc(C)cc12. The number of aromatic nitrogens is 1. The second-order valence-electron chi connectivity index (χ2n) is 5.45. The number of amides is 1. The molecule has 2 heterocycles. The van der Waals surface area contributed by atoms with Crippen LogP contribution in [0.3, 0.4) is 0 Å². The van der Waals surface area contributed by atoms with E-state index in [2.05, 4.69) is 15.2 Å². The molecule has 5 heteroatoms. The van der Waals surface area contributed by atoms with Crippen LogP contribution in [0.2, 0.25) is 0 Å². The standard InChI is InChI=1S/C16H20N4O/c1-3-14-16(21)18-6-7-20(14)15-5-4-13(17)12-9-19-10(2)8-11(12)15/h4-5,8-9,14H,3,6-7,17H2,1-2H3,(H,18,21). The molecule has 1 amide bonds. The summed E-state index contributed by atoms with van der Waals surface area (Å²) in [5, 5.41) is 4.94. The van der Waals surface area contributed by atoms with Crippen molar-refractivity contribution < 1.29 is 4.79 Å². The monoisotopic (exact) mass is 284 g/mol. The zero-order valence-corrected chi connectivity index (χ0v) is 12.4. The first kappa shape index (κ1) is 13.7. The zero-order chi connectivity index (χ0) is 15.0. The molecule has 1 atom stereocenters. The lowest BCUT2D eigenvalue weighted by molar-refractivity contribution is -0.123. The van der Waals surface area contributed by atoms with Crippen molar-refractivity contribution >= 4 is 28.1 Å². The fourth-order valence-electron chi connectivity index (χ4n) is 3.01. The maximum atomic E-state index is 12.1. The molecule has 0 spiro atoms. The zero-order valence-electron chi connectivity index (χ0n) is 12.4. The van der Waals surface area contributed by atoms with Gasteiger partial charge in [0, 0.05) is 47.1 Å². The van der Waals surface area contributed by atoms with Crippen LogP contribution in [0.5, 0.6) is 0 Å². The Morgan fingerprint density at radius 1 is 1.43 bits per heavy atom. The van der Waals surface area contributed by atoms with Crippen molar-refractivity contribution in [2.75, 3.05) is 23.7 Å². The number of rotatable bonds is 2. The van der Waals surface area contributed by atoms with Gasteiger partial charge in [0.2, 0.25) is 5.91 Å². The number of fused-ring (bicyclic) bond motifs is 1. The van der Waals surface area contributed by atoms with E-state index in [1.54, 1.807) is 0 Å². The van der Waals surface area contributed by atoms with E-state index < -0.39 is 0 Å². The van der Waals surface area contributed by atoms with Crippen molar-refractivity contribution in [3.8, 4) is 0 Å². The van der Waals surface area contributed by atoms with Crippen LogP contribution in [-0.4, -0.2) is 30.0 Å². The summed E-state index contributed by atoms with van der Waals surface area (Å²) in [5.74, 6) is 0.0968. The van der Waals surface area contributed by atoms with Gasteiger partial charge in [0.05, 0.1) is 0 Å². The number of hydrogen-bond donors (Lipinski definition) is 2. The third-order valence-electron chi connectivity index (χ3n) is 4.08. The Kier molecular flexibility index (Phi) is 3.41. The second-order valence-corrected chi connectivity index (χ2v) is 5.45. The van der Waals surface area contributed by atoms with Gasteiger partial charge in [-0.3, -0.25) is 9.78 Å². The van der Waals surface area contributed by atoms with E-state index in [-0.39, 0.29) is 11.9 Å². The number of carbonyl (C=O) groups excluding carboxylic acids is 1. The lowest BCUT2D eigenvalue weighted by Gasteiger charge is -2.37. The highest BCUT2D eigenvalue weighted by atomic mass is 16.2. The molecular weight excluding hydrogens is 264 g/mol. The Bertz CT molecular complexity index is 698. The number of pyridine rings is 1. The van der Waals surface area contributed by atoms with E-state index in [1.807, 2.05) is 38.2 Å². The molecule has 1 aromatic carbocycles. The summed E-state index contributed by atoms with van der Waals surface area (Å²) in [7, 11) is 0. The van der Waals surface area contributed by atoms with E-state index in [9.17, 15) is 4.79 Å². The molecule has 21 heavy (non-hydrogen) atoms. The Morgan fingerprint density at radius 2 is 2.24 bits per heavy atom. The molecule has 0 bridgehead atoms. The average Bonchev–Trinajstić information content (AvgIpc) is 2.47. The number of nitrogen functional groups attached to an aromatic ring is 1. The van der Waals surface area contributed by atoms with Crippen LogP contribution in [0.4, 0.5) is 11.4 Å². The molecule has 1 aromatic heterocycles. The van der Waals surface area contributed by atoms with Gasteiger partial charge in [-0.2, -0.15) is 0 Å². The molecule has 3 rings (SSSR count). The fourth-order valence-corrected chi connectivity index (χ4v) is 3.01. The van der Waals surface area contributed by atoms with Crippen LogP contribution >= 0.6 is 0 Å². The first-order valence-electron chi connectivity index (χ1n) is 7.31. The highest BCUT2D eigenvalue weighted by molar-refractivity contribution is 6.02. The molecule has 110 valence electrons. The van der Waals surface area contributed by atoms with E-state index in [1.165, 1.54) is 0 Å². The number of aryl methyl sites for hydroxylation is 1. The molecule has 0 aliphatic carbocycles. The number of benzene rings is 1. The van der Waals surface area contributed by atoms with Crippen molar-refractivity contribution in [1.29, 1.82) is 0 Å². The van der Waals surface area contributed by atoms with Crippen molar-refractivity contribution in [2.45, 2.75) is 26.3 Å². The van der Waals surface area contributed by atoms with Gasteiger partial charge in [-0.15, -0.1) is 0 Å². The summed E-state index contributed by atoms with van der Waals surface area (Å²) >= 11 is 0. The van der Waals surface area contributed by atoms with Gasteiger partial charge in [-0.05, 0) is 31.5 Å². The molecule has 0 radical (unpaired) electrons. The second kappa shape index (κ2) is 5.24. The number of anilines is 2. The van der Waals surface area contributed by atoms with Crippen LogP contribution < -0.4 is 16.0 Å². The molecule has 1 fully saturated rings. The number of hydrogen-bond acceptors (Lipinski definition) is 4. The van der Waals surface area contributed by atoms with Crippen LogP contribution in [0.1, 0.15) is 19.0 Å². The van der Waals surface area contributed by atoms with E-state index >= 15 is 0 Å². The Balaban J connectivity index is 2.17. The molecule has 1 aliphatic heterocycles. The summed E-state index contributed by atoms with van der Waals surface area (Å²) in [5.41, 5.74) is 8.79. The number of nitrogens with two attached hydrogens (primary N) is 1. The predicted octanol–water partition coefficient (Wildman–Crippen LogP) is 1.84. The van der Waals surface area contributed by atoms with Crippen LogP contribution in [0.15, 0.2) is 24.4 Å². The number of piperazine rings is 1. The van der Waals surface area contributed by atoms with Gasteiger partial charge in [-0.1, -0.05) is 6.92 Å². The molecule has 2 aromatic rings. The maximum absolute atomic E-state index is 12.1. The summed E-state index contributed by atoms with van der Waals surface area (Å²) in [6.07, 6.45) is 2.59. The molecule has 1 saturated heterocycles. The summed E-state index contributed by atoms with van der Waals surface area (Å²) < 4.78 is 0. The number of carbonyl (C=O) groups is 1. The minimum absolute atomic E-state index is 0.0968. The first-order chi connectivity index (χ1) is 10.1. The van der Waals surface area contributed by atoms with Gasteiger partial charge < -0.3 is 16.0 Å². The van der Waals surface area contributed by atoms with Crippen LogP contribution in [0.25, 0.3) is 10.8 Å². The van der Waals surface area contributed by atoms with Crippen LogP contribution in [0, 0.1) is 6.92 Å². The van der Waals surface area contributed by atoms with Gasteiger partial charge in [0.25, 0.3) is 0 Å². The first-order valence-corrected chi connectivity index (χ1v) is 7.31. The highest BCUT2D eigenvalue weighted by Gasteiger charge is 2.29. The van der Waals surface area contributed by atoms with Gasteiger partial charge in [0.15, 0.2) is 0 Å². The quantitative estimate of drug-likeness (QED) is 0.826. The molecule has 0 saturated carbocycles. The largest absolute Gasteiger partial charge is 0.398 e. The van der Waals surface area contributed by atoms with Crippen molar-refractivity contribution in [3.05, 3.63) is 30.1 Å². The third kappa shape index (κ3) is 2.28. The predicted molar refractivity (Wildman–Crippen MR) is 85.3 cm³/mol. The minimum Gasteiger partial charge on any atom is -0.398 e. The lowest BCUT2D eigenvalue weighted by atomic mass is 10.0. The summed E-state index contributed by atoms with van der Waals surface area (Å²) in [6.45, 7) is 5.48. The molecule has 1 unspecified atom stereocenters. The molecular formula is C16H20N4O. The van der Waals surface area contributed by atoms with E-state index in [4.69, 9.17) is 5.73 Å². The van der Waals surface area contributed by atoms with Gasteiger partial charge >= 0.3 is 0 Å². The van der Waals surface area contributed by atoms with Crippen LogP contribution in [-0.2, 0) is 4.79 Å². The van der Waals surface area contributed by atoms with Crippen molar-refractivity contribution in [1.82, 2.24) is 10.3 Å². The van der Waals surface area contributed by atoms with Crippen molar-refractivity contribution in [3.63, 3.8) is 0 Å². The fraction of sp³-hybridized carbons (Fsp3) is 0.375. The van der Waals surface area contributed by atoms with E-state index in [0.29, 0.717) is 6.54 Å². The van der Waals surface area contributed by atoms with Crippen molar-refractivity contribution in [2.24, 2.45) is 0 Å². The molecule has 1 aliphatic rings. The number of nitrogens with zero attached hydrogens (tertiary/aromatic N) is 2. The summed E-state index contributed by atoms with van der Waals surface area (Å²) in [4.78, 5) is 18.6. The Morgan fingerprint density at radius 3 is 3.00 bits per heavy atom. The Hall–Kier alpha value is -2.30. The van der Waals surface area contributed by atoms with Gasteiger partial charge in [-0.25, -0.2) is 0 Å². The lowest BCUT2D eigenvalue weighted by Crippen LogP contribution is -2.55. The smallest absolute Gasteiger partial charge is 0.242 e. The molecule has 5 nitrogen and oxygen atoms in total. The minimum atomic E-state index is -0.126. The summed E-state index contributed by atoms with van der Waals surface area (Å²) in [6, 6.07) is 5.83.